The van der Waals surface area contributed by atoms with Gasteiger partial charge in [0.25, 0.3) is 11.8 Å². The highest BCUT2D eigenvalue weighted by Crippen LogP contribution is 2.49. The van der Waals surface area contributed by atoms with Crippen molar-refractivity contribution in [3.63, 3.8) is 0 Å². The topological polar surface area (TPSA) is 128 Å². The Balaban J connectivity index is 0.000000308. The Morgan fingerprint density at radius 3 is 2.62 bits per heavy atom. The van der Waals surface area contributed by atoms with Gasteiger partial charge in [-0.2, -0.15) is 0 Å². The minimum absolute atomic E-state index is 0.0772. The summed E-state index contributed by atoms with van der Waals surface area (Å²) in [7, 11) is 0. The molecule has 6 heterocycles. The van der Waals surface area contributed by atoms with Crippen molar-refractivity contribution in [3.8, 4) is 21.9 Å². The van der Waals surface area contributed by atoms with E-state index in [0.717, 1.165) is 24.1 Å². The molecule has 2 aliphatic heterocycles. The summed E-state index contributed by atoms with van der Waals surface area (Å²) in [5, 5.41) is 8.29. The number of hydrogen-bond donors (Lipinski definition) is 1. The fraction of sp³-hybridized carbons (Fsp3) is 0.294. The maximum Gasteiger partial charge on any atom is 0.258 e. The Bertz CT molecular complexity index is 1890. The van der Waals surface area contributed by atoms with E-state index in [0.29, 0.717) is 57.4 Å². The van der Waals surface area contributed by atoms with E-state index in [1.807, 2.05) is 17.2 Å². The molecular formula is C34H31FN6O3S. The Morgan fingerprint density at radius 2 is 1.89 bits per heavy atom. The van der Waals surface area contributed by atoms with Crippen molar-refractivity contribution in [1.29, 1.82) is 0 Å². The number of thiophene rings is 1. The van der Waals surface area contributed by atoms with Gasteiger partial charge in [0.15, 0.2) is 0 Å². The molecule has 0 radical (unpaired) electrons. The lowest BCUT2D eigenvalue weighted by Gasteiger charge is -2.16. The van der Waals surface area contributed by atoms with Gasteiger partial charge in [0.2, 0.25) is 11.8 Å². The van der Waals surface area contributed by atoms with Crippen molar-refractivity contribution in [2.24, 2.45) is 5.73 Å². The zero-order valence-electron chi connectivity index (χ0n) is 24.8. The van der Waals surface area contributed by atoms with Crippen LogP contribution < -0.4 is 5.73 Å². The van der Waals surface area contributed by atoms with Crippen molar-refractivity contribution < 1.29 is 18.4 Å². The minimum atomic E-state index is -0.532. The summed E-state index contributed by atoms with van der Waals surface area (Å²) in [6, 6.07) is 14.0. The van der Waals surface area contributed by atoms with Crippen LogP contribution in [0, 0.1) is 12.7 Å². The molecule has 2 N–H and O–H groups in total. The van der Waals surface area contributed by atoms with Gasteiger partial charge in [-0.15, -0.1) is 21.5 Å². The molecule has 1 atom stereocenters. The van der Waals surface area contributed by atoms with Crippen molar-refractivity contribution in [1.82, 2.24) is 25.1 Å². The van der Waals surface area contributed by atoms with Gasteiger partial charge in [0.1, 0.15) is 5.82 Å². The van der Waals surface area contributed by atoms with E-state index in [2.05, 4.69) is 21.2 Å². The molecule has 0 bridgehead atoms. The Hall–Kier alpha value is -4.77. The average Bonchev–Trinajstić information content (AvgIpc) is 3.88. The second-order valence-electron chi connectivity index (χ2n) is 11.5. The lowest BCUT2D eigenvalue weighted by molar-refractivity contribution is 0.0776. The Kier molecular flexibility index (Phi) is 7.70. The molecule has 228 valence electrons. The highest BCUT2D eigenvalue weighted by Gasteiger charge is 2.44. The van der Waals surface area contributed by atoms with Crippen molar-refractivity contribution >= 4 is 23.2 Å². The highest BCUT2D eigenvalue weighted by molar-refractivity contribution is 7.17. The summed E-state index contributed by atoms with van der Waals surface area (Å²) in [6.45, 7) is 2.38. The number of carbonyl (C=O) groups is 2. The van der Waals surface area contributed by atoms with E-state index in [1.165, 1.54) is 54.0 Å². The smallest absolute Gasteiger partial charge is 0.258 e. The SMILES string of the molecule is Cc1nnc(-c2c(CCc3ccc(F)cc3)nc3c(c2-c2ccc(C(N)=O)s2)C(=O)N2CCCC32)o1.c1cnc2c(c1)CCC2. The van der Waals surface area contributed by atoms with E-state index in [1.54, 1.807) is 31.2 Å². The summed E-state index contributed by atoms with van der Waals surface area (Å²) in [5.41, 5.74) is 12.5. The predicted molar refractivity (Wildman–Crippen MR) is 167 cm³/mol. The fourth-order valence-electron chi connectivity index (χ4n) is 6.49. The lowest BCUT2D eigenvalue weighted by atomic mass is 9.93. The summed E-state index contributed by atoms with van der Waals surface area (Å²) in [5.74, 6) is -0.249. The monoisotopic (exact) mass is 622 g/mol. The first-order chi connectivity index (χ1) is 21.9. The predicted octanol–water partition coefficient (Wildman–Crippen LogP) is 6.05. The largest absolute Gasteiger partial charge is 0.421 e. The molecule has 5 aromatic rings. The van der Waals surface area contributed by atoms with Crippen LogP contribution in [0.15, 0.2) is 59.1 Å². The number of primary amides is 1. The minimum Gasteiger partial charge on any atom is -0.421 e. The fourth-order valence-corrected chi connectivity index (χ4v) is 7.41. The number of aromatic nitrogens is 4. The third-order valence-electron chi connectivity index (χ3n) is 8.59. The number of rotatable bonds is 6. The molecule has 1 fully saturated rings. The van der Waals surface area contributed by atoms with Crippen LogP contribution in [0.25, 0.3) is 21.9 Å². The molecule has 1 aliphatic carbocycles. The molecule has 0 spiro atoms. The number of aryl methyl sites for hydroxylation is 5. The van der Waals surface area contributed by atoms with Gasteiger partial charge in [-0.05, 0) is 86.4 Å². The molecule has 11 heteroatoms. The van der Waals surface area contributed by atoms with Crippen LogP contribution in [0.4, 0.5) is 4.39 Å². The van der Waals surface area contributed by atoms with Crippen LogP contribution in [0.5, 0.6) is 0 Å². The van der Waals surface area contributed by atoms with Crippen molar-refractivity contribution in [3.05, 3.63) is 105 Å². The molecular weight excluding hydrogens is 591 g/mol. The maximum absolute atomic E-state index is 13.6. The normalized spacial score (nSPS) is 16.3. The molecule has 45 heavy (non-hydrogen) atoms. The molecule has 3 aliphatic rings. The number of carbonyl (C=O) groups excluding carboxylic acids is 2. The quantitative estimate of drug-likeness (QED) is 0.244. The molecule has 1 aromatic carbocycles. The van der Waals surface area contributed by atoms with E-state index in [-0.39, 0.29) is 23.7 Å². The summed E-state index contributed by atoms with van der Waals surface area (Å²) < 4.78 is 19.3. The second-order valence-corrected chi connectivity index (χ2v) is 12.6. The van der Waals surface area contributed by atoms with Crippen LogP contribution in [-0.4, -0.2) is 43.4 Å². The Labute approximate surface area is 263 Å². The van der Waals surface area contributed by atoms with Crippen molar-refractivity contribution in [2.75, 3.05) is 6.54 Å². The number of pyridine rings is 2. The highest BCUT2D eigenvalue weighted by atomic mass is 32.1. The molecule has 0 saturated carbocycles. The standard InChI is InChI=1S/C26H22FN5O3S.C8H9N/c1-13-30-31-25(35-13)20-16(9-6-14-4-7-15(27)8-5-14)29-23-17-3-2-12-32(17)26(34)22(23)21(20)18-10-11-19(36-18)24(28)33;1-3-7-4-2-6-9-8(7)5-1/h4-5,7-8,10-11,17H,2-3,6,9,12H2,1H3,(H2,28,33);2,4,6H,1,3,5H2. The van der Waals surface area contributed by atoms with Gasteiger partial charge < -0.3 is 15.1 Å². The first-order valence-electron chi connectivity index (χ1n) is 15.1. The van der Waals surface area contributed by atoms with Gasteiger partial charge in [-0.1, -0.05) is 18.2 Å². The van der Waals surface area contributed by atoms with E-state index in [4.69, 9.17) is 15.1 Å². The van der Waals surface area contributed by atoms with Gasteiger partial charge in [0, 0.05) is 35.8 Å². The second kappa shape index (κ2) is 12.0. The van der Waals surface area contributed by atoms with Crippen LogP contribution in [-0.2, 0) is 25.7 Å². The van der Waals surface area contributed by atoms with Gasteiger partial charge >= 0.3 is 0 Å². The van der Waals surface area contributed by atoms with Crippen LogP contribution in [0.1, 0.15) is 79.4 Å². The number of nitrogens with zero attached hydrogens (tertiary/aromatic N) is 5. The van der Waals surface area contributed by atoms with Crippen LogP contribution in [0.2, 0.25) is 0 Å². The number of amides is 2. The molecule has 8 rings (SSSR count). The first-order valence-corrected chi connectivity index (χ1v) is 15.9. The summed E-state index contributed by atoms with van der Waals surface area (Å²) in [4.78, 5) is 37.8. The first kappa shape index (κ1) is 29.0. The molecule has 1 saturated heterocycles. The lowest BCUT2D eigenvalue weighted by Crippen LogP contribution is -2.22. The number of fused-ring (bicyclic) bond motifs is 4. The Morgan fingerprint density at radius 1 is 1.04 bits per heavy atom. The van der Waals surface area contributed by atoms with E-state index < -0.39 is 5.91 Å². The van der Waals surface area contributed by atoms with E-state index in [9.17, 15) is 14.0 Å². The number of benzene rings is 1. The molecule has 1 unspecified atom stereocenters. The van der Waals surface area contributed by atoms with Crippen LogP contribution in [0.3, 0.4) is 0 Å². The number of halogens is 1. The van der Waals surface area contributed by atoms with Crippen molar-refractivity contribution in [2.45, 2.75) is 57.9 Å². The third-order valence-corrected chi connectivity index (χ3v) is 9.70. The van der Waals surface area contributed by atoms with E-state index >= 15 is 0 Å². The third kappa shape index (κ3) is 5.52. The molecule has 2 amide bonds. The number of nitrogens with two attached hydrogens (primary N) is 1. The maximum atomic E-state index is 13.6. The molecule has 4 aromatic heterocycles. The summed E-state index contributed by atoms with van der Waals surface area (Å²) in [6.07, 6.45) is 8.49. The average molecular weight is 623 g/mol. The zero-order valence-corrected chi connectivity index (χ0v) is 25.6. The van der Waals surface area contributed by atoms with Crippen LogP contribution >= 0.6 is 11.3 Å². The summed E-state index contributed by atoms with van der Waals surface area (Å²) >= 11 is 1.23. The van der Waals surface area contributed by atoms with Gasteiger partial charge in [0.05, 0.1) is 33.4 Å². The number of hydrogen-bond acceptors (Lipinski definition) is 8. The molecule has 9 nitrogen and oxygen atoms in total. The van der Waals surface area contributed by atoms with Gasteiger partial charge in [-0.3, -0.25) is 19.6 Å². The zero-order chi connectivity index (χ0) is 31.1. The van der Waals surface area contributed by atoms with Gasteiger partial charge in [-0.25, -0.2) is 4.39 Å².